The number of nitrogens with one attached hydrogen (secondary N) is 1. The van der Waals surface area contributed by atoms with E-state index in [1.165, 1.54) is 0 Å². The second-order valence-corrected chi connectivity index (χ2v) is 4.33. The molecule has 90 valence electrons. The van der Waals surface area contributed by atoms with Crippen molar-refractivity contribution < 1.29 is 4.63 Å². The van der Waals surface area contributed by atoms with Gasteiger partial charge in [-0.2, -0.15) is 0 Å². The van der Waals surface area contributed by atoms with Gasteiger partial charge in [-0.15, -0.1) is 0 Å². The molecule has 4 nitrogen and oxygen atoms in total. The Morgan fingerprint density at radius 3 is 2.76 bits per heavy atom. The van der Waals surface area contributed by atoms with Crippen molar-refractivity contribution in [1.82, 2.24) is 15.6 Å². The lowest BCUT2D eigenvalue weighted by Crippen LogP contribution is -2.19. The minimum absolute atomic E-state index is 0.153. The molecular formula is C12H14ClN3O. The van der Waals surface area contributed by atoms with Crippen LogP contribution in [0.25, 0.3) is 0 Å². The molecule has 2 aromatic rings. The first-order valence-electron chi connectivity index (χ1n) is 5.44. The summed E-state index contributed by atoms with van der Waals surface area (Å²) in [5.41, 5.74) is 2.70. The maximum Gasteiger partial charge on any atom is 0.121 e. The SMILES string of the molecule is Cc1nonc1CN[C@H](C)c1ccccc1Cl. The van der Waals surface area contributed by atoms with Gasteiger partial charge in [-0.25, -0.2) is 4.63 Å². The number of nitrogens with zero attached hydrogens (tertiary/aromatic N) is 2. The minimum Gasteiger partial charge on any atom is -0.304 e. The topological polar surface area (TPSA) is 51.0 Å². The predicted octanol–water partition coefficient (Wildman–Crippen LogP) is 2.88. The smallest absolute Gasteiger partial charge is 0.121 e. The molecule has 0 fully saturated rings. The zero-order valence-corrected chi connectivity index (χ0v) is 10.5. The lowest BCUT2D eigenvalue weighted by molar-refractivity contribution is 0.300. The molecule has 0 amide bonds. The quantitative estimate of drug-likeness (QED) is 0.908. The van der Waals surface area contributed by atoms with Crippen LogP contribution in [0.1, 0.15) is 29.9 Å². The van der Waals surface area contributed by atoms with Gasteiger partial charge in [0.05, 0.1) is 0 Å². The van der Waals surface area contributed by atoms with Gasteiger partial charge in [-0.1, -0.05) is 40.1 Å². The number of aromatic nitrogens is 2. The van der Waals surface area contributed by atoms with Crippen molar-refractivity contribution in [3.8, 4) is 0 Å². The third kappa shape index (κ3) is 2.84. The van der Waals surface area contributed by atoms with Gasteiger partial charge < -0.3 is 5.32 Å². The van der Waals surface area contributed by atoms with Gasteiger partial charge in [0, 0.05) is 17.6 Å². The monoisotopic (exact) mass is 251 g/mol. The average Bonchev–Trinajstić information content (AvgIpc) is 2.72. The highest BCUT2D eigenvalue weighted by molar-refractivity contribution is 6.31. The van der Waals surface area contributed by atoms with Crippen LogP contribution in [0, 0.1) is 6.92 Å². The summed E-state index contributed by atoms with van der Waals surface area (Å²) in [7, 11) is 0. The summed E-state index contributed by atoms with van der Waals surface area (Å²) in [6, 6.07) is 7.94. The average molecular weight is 252 g/mol. The molecule has 0 spiro atoms. The van der Waals surface area contributed by atoms with E-state index in [0.717, 1.165) is 22.0 Å². The van der Waals surface area contributed by atoms with Gasteiger partial charge in [0.25, 0.3) is 0 Å². The Bertz CT molecular complexity index is 498. The number of hydrogen-bond acceptors (Lipinski definition) is 4. The molecule has 0 saturated carbocycles. The third-order valence-electron chi connectivity index (χ3n) is 2.69. The van der Waals surface area contributed by atoms with Crippen molar-refractivity contribution in [2.75, 3.05) is 0 Å². The van der Waals surface area contributed by atoms with Crippen LogP contribution in [0.5, 0.6) is 0 Å². The molecule has 0 saturated heterocycles. The molecular weight excluding hydrogens is 238 g/mol. The Balaban J connectivity index is 2.01. The van der Waals surface area contributed by atoms with Crippen LogP contribution in [-0.4, -0.2) is 10.3 Å². The Kier molecular flexibility index (Phi) is 3.76. The van der Waals surface area contributed by atoms with E-state index >= 15 is 0 Å². The maximum atomic E-state index is 6.12. The van der Waals surface area contributed by atoms with E-state index in [1.54, 1.807) is 0 Å². The fraction of sp³-hybridized carbons (Fsp3) is 0.333. The summed E-state index contributed by atoms with van der Waals surface area (Å²) in [6.07, 6.45) is 0. The third-order valence-corrected chi connectivity index (χ3v) is 3.04. The van der Waals surface area contributed by atoms with Crippen LogP contribution >= 0.6 is 11.6 Å². The van der Waals surface area contributed by atoms with E-state index in [2.05, 4.69) is 27.2 Å². The first-order chi connectivity index (χ1) is 8.18. The van der Waals surface area contributed by atoms with Gasteiger partial charge in [0.15, 0.2) is 0 Å². The molecule has 1 N–H and O–H groups in total. The summed E-state index contributed by atoms with van der Waals surface area (Å²) in [5.74, 6) is 0. The minimum atomic E-state index is 0.153. The fourth-order valence-electron chi connectivity index (χ4n) is 1.60. The van der Waals surface area contributed by atoms with Gasteiger partial charge in [0.1, 0.15) is 11.4 Å². The molecule has 0 bridgehead atoms. The van der Waals surface area contributed by atoms with E-state index < -0.39 is 0 Å². The highest BCUT2D eigenvalue weighted by Crippen LogP contribution is 2.22. The van der Waals surface area contributed by atoms with Crippen molar-refractivity contribution >= 4 is 11.6 Å². The number of halogens is 1. The molecule has 1 aromatic carbocycles. The van der Waals surface area contributed by atoms with Crippen molar-refractivity contribution in [3.05, 3.63) is 46.2 Å². The van der Waals surface area contributed by atoms with E-state index in [0.29, 0.717) is 6.54 Å². The zero-order chi connectivity index (χ0) is 12.3. The summed E-state index contributed by atoms with van der Waals surface area (Å²) in [4.78, 5) is 0. The number of aryl methyl sites for hydroxylation is 1. The van der Waals surface area contributed by atoms with Crippen molar-refractivity contribution in [3.63, 3.8) is 0 Å². The van der Waals surface area contributed by atoms with Gasteiger partial charge in [-0.3, -0.25) is 0 Å². The van der Waals surface area contributed by atoms with Crippen LogP contribution in [0.3, 0.4) is 0 Å². The van der Waals surface area contributed by atoms with Crippen LogP contribution in [0.2, 0.25) is 5.02 Å². The summed E-state index contributed by atoms with van der Waals surface area (Å²) < 4.78 is 4.64. The number of benzene rings is 1. The standard InChI is InChI=1S/C12H14ClN3O/c1-8(10-5-3-4-6-11(10)13)14-7-12-9(2)15-17-16-12/h3-6,8,14H,7H2,1-2H3/t8-/m1/s1. The van der Waals surface area contributed by atoms with Crippen molar-refractivity contribution in [1.29, 1.82) is 0 Å². The van der Waals surface area contributed by atoms with Gasteiger partial charge in [-0.05, 0) is 25.5 Å². The molecule has 2 rings (SSSR count). The van der Waals surface area contributed by atoms with Crippen LogP contribution in [-0.2, 0) is 6.54 Å². The predicted molar refractivity (Wildman–Crippen MR) is 65.7 cm³/mol. The van der Waals surface area contributed by atoms with Gasteiger partial charge in [0.2, 0.25) is 0 Å². The Labute approximate surface area is 105 Å². The molecule has 0 radical (unpaired) electrons. The number of hydrogen-bond donors (Lipinski definition) is 1. The maximum absolute atomic E-state index is 6.12. The number of rotatable bonds is 4. The highest BCUT2D eigenvalue weighted by Gasteiger charge is 2.10. The molecule has 0 unspecified atom stereocenters. The van der Waals surface area contributed by atoms with Crippen molar-refractivity contribution in [2.24, 2.45) is 0 Å². The van der Waals surface area contributed by atoms with E-state index in [-0.39, 0.29) is 6.04 Å². The molecule has 0 aliphatic carbocycles. The Morgan fingerprint density at radius 2 is 2.12 bits per heavy atom. The van der Waals surface area contributed by atoms with Crippen LogP contribution in [0.4, 0.5) is 0 Å². The molecule has 0 aliphatic heterocycles. The second kappa shape index (κ2) is 5.29. The van der Waals surface area contributed by atoms with Crippen LogP contribution in [0.15, 0.2) is 28.9 Å². The molecule has 0 aliphatic rings. The fourth-order valence-corrected chi connectivity index (χ4v) is 1.90. The highest BCUT2D eigenvalue weighted by atomic mass is 35.5. The lowest BCUT2D eigenvalue weighted by atomic mass is 10.1. The summed E-state index contributed by atoms with van der Waals surface area (Å²) in [6.45, 7) is 4.54. The Hall–Kier alpha value is -1.39. The normalized spacial score (nSPS) is 12.6. The van der Waals surface area contributed by atoms with Gasteiger partial charge >= 0.3 is 0 Å². The molecule has 1 heterocycles. The molecule has 1 atom stereocenters. The van der Waals surface area contributed by atoms with E-state index in [4.69, 9.17) is 11.6 Å². The van der Waals surface area contributed by atoms with E-state index in [9.17, 15) is 0 Å². The first kappa shape index (κ1) is 12.1. The molecule has 17 heavy (non-hydrogen) atoms. The first-order valence-corrected chi connectivity index (χ1v) is 5.82. The van der Waals surface area contributed by atoms with Crippen LogP contribution < -0.4 is 5.32 Å². The lowest BCUT2D eigenvalue weighted by Gasteiger charge is -2.14. The van der Waals surface area contributed by atoms with Crippen molar-refractivity contribution in [2.45, 2.75) is 26.4 Å². The van der Waals surface area contributed by atoms with E-state index in [1.807, 2.05) is 31.2 Å². The summed E-state index contributed by atoms with van der Waals surface area (Å²) in [5, 5.41) is 11.7. The summed E-state index contributed by atoms with van der Waals surface area (Å²) >= 11 is 6.12. The second-order valence-electron chi connectivity index (χ2n) is 3.92. The zero-order valence-electron chi connectivity index (χ0n) is 9.77. The molecule has 1 aromatic heterocycles. The molecule has 5 heteroatoms. The largest absolute Gasteiger partial charge is 0.304 e. The Morgan fingerprint density at radius 1 is 1.35 bits per heavy atom.